The molecule has 1 aliphatic rings. The molecule has 4 rings (SSSR count). The van der Waals surface area contributed by atoms with Crippen LogP contribution in [0.25, 0.3) is 5.70 Å². The number of pyridine rings is 2. The van der Waals surface area contributed by atoms with Gasteiger partial charge in [-0.2, -0.15) is 5.10 Å². The summed E-state index contributed by atoms with van der Waals surface area (Å²) < 4.78 is 39.3. The van der Waals surface area contributed by atoms with E-state index in [9.17, 15) is 13.2 Å². The highest BCUT2D eigenvalue weighted by molar-refractivity contribution is 8.14. The Balaban J connectivity index is 1.58. The van der Waals surface area contributed by atoms with Crippen LogP contribution >= 0.6 is 11.8 Å². The Morgan fingerprint density at radius 1 is 1.09 bits per heavy atom. The number of anilines is 1. The maximum atomic E-state index is 13.9. The molecule has 9 heteroatoms. The number of alkyl halides is 2. The highest BCUT2D eigenvalue weighted by atomic mass is 32.2. The largest absolute Gasteiger partial charge is 0.335 e. The van der Waals surface area contributed by atoms with Gasteiger partial charge < -0.3 is 4.90 Å². The van der Waals surface area contributed by atoms with Gasteiger partial charge in [0.25, 0.3) is 6.43 Å². The summed E-state index contributed by atoms with van der Waals surface area (Å²) in [5, 5.41) is 7.22. The first-order chi connectivity index (χ1) is 15.5. The van der Waals surface area contributed by atoms with E-state index in [-0.39, 0.29) is 10.9 Å². The van der Waals surface area contributed by atoms with E-state index in [1.807, 2.05) is 29.2 Å². The molecule has 0 unspecified atom stereocenters. The fraction of sp³-hybridized carbons (Fsp3) is 0.130. The molecule has 5 nitrogen and oxygen atoms in total. The van der Waals surface area contributed by atoms with Gasteiger partial charge in [0.15, 0.2) is 5.04 Å². The third kappa shape index (κ3) is 5.05. The summed E-state index contributed by atoms with van der Waals surface area (Å²) in [6, 6.07) is 13.6. The number of thioether (sulfide) groups is 1. The zero-order valence-corrected chi connectivity index (χ0v) is 17.6. The summed E-state index contributed by atoms with van der Waals surface area (Å²) in [5.74, 6) is -0.0522. The van der Waals surface area contributed by atoms with Crippen molar-refractivity contribution in [2.75, 3.05) is 10.7 Å². The first kappa shape index (κ1) is 21.8. The number of halogens is 3. The van der Waals surface area contributed by atoms with Crippen molar-refractivity contribution in [3.63, 3.8) is 0 Å². The van der Waals surface area contributed by atoms with Crippen molar-refractivity contribution in [2.24, 2.45) is 10.2 Å². The fourth-order valence-corrected chi connectivity index (χ4v) is 3.82. The summed E-state index contributed by atoms with van der Waals surface area (Å²) in [7, 11) is 0. The van der Waals surface area contributed by atoms with E-state index >= 15 is 0 Å². The number of benzene rings is 1. The van der Waals surface area contributed by atoms with Crippen LogP contribution in [0.2, 0.25) is 0 Å². The monoisotopic (exact) mass is 453 g/mol. The van der Waals surface area contributed by atoms with Crippen LogP contribution in [0.3, 0.4) is 0 Å². The molecule has 0 amide bonds. The number of hydrogen-bond acceptors (Lipinski definition) is 6. The molecule has 0 radical (unpaired) electrons. The molecule has 1 aromatic carbocycles. The van der Waals surface area contributed by atoms with Crippen LogP contribution in [0.4, 0.5) is 18.9 Å². The Labute approximate surface area is 187 Å². The topological polar surface area (TPSA) is 53.7 Å². The van der Waals surface area contributed by atoms with Crippen LogP contribution in [0.5, 0.6) is 0 Å². The molecule has 0 fully saturated rings. The lowest BCUT2D eigenvalue weighted by molar-refractivity contribution is 0.229. The van der Waals surface area contributed by atoms with Gasteiger partial charge in [0.2, 0.25) is 0 Å². The Kier molecular flexibility index (Phi) is 6.65. The Morgan fingerprint density at radius 2 is 1.97 bits per heavy atom. The van der Waals surface area contributed by atoms with Crippen LogP contribution in [-0.2, 0) is 6.54 Å². The zero-order valence-electron chi connectivity index (χ0n) is 16.8. The molecule has 0 saturated carbocycles. The van der Waals surface area contributed by atoms with Crippen molar-refractivity contribution in [1.29, 1.82) is 0 Å². The van der Waals surface area contributed by atoms with E-state index in [4.69, 9.17) is 0 Å². The lowest BCUT2D eigenvalue weighted by Crippen LogP contribution is -2.21. The molecular weight excluding hydrogens is 435 g/mol. The van der Waals surface area contributed by atoms with E-state index in [1.165, 1.54) is 12.1 Å². The molecule has 0 spiro atoms. The molecule has 2 aromatic heterocycles. The molecule has 32 heavy (non-hydrogen) atoms. The predicted octanol–water partition coefficient (Wildman–Crippen LogP) is 5.41. The molecule has 0 N–H and O–H groups in total. The summed E-state index contributed by atoms with van der Waals surface area (Å²) in [6.45, 7) is 4.52. The van der Waals surface area contributed by atoms with Crippen LogP contribution in [0, 0.1) is 5.82 Å². The van der Waals surface area contributed by atoms with Crippen LogP contribution < -0.4 is 4.90 Å². The second kappa shape index (κ2) is 9.78. The molecule has 0 aliphatic carbocycles. The van der Waals surface area contributed by atoms with Crippen molar-refractivity contribution in [1.82, 2.24) is 9.97 Å². The van der Waals surface area contributed by atoms with Gasteiger partial charge in [-0.25, -0.2) is 13.2 Å². The summed E-state index contributed by atoms with van der Waals surface area (Å²) in [4.78, 5) is 10.5. The van der Waals surface area contributed by atoms with E-state index in [2.05, 4.69) is 26.7 Å². The average Bonchev–Trinajstić information content (AvgIpc) is 2.83. The fourth-order valence-electron chi connectivity index (χ4n) is 3.08. The van der Waals surface area contributed by atoms with Crippen LogP contribution in [0.1, 0.15) is 16.8 Å². The Morgan fingerprint density at radius 3 is 2.59 bits per heavy atom. The zero-order chi connectivity index (χ0) is 22.5. The SMILES string of the molecule is C=C(c1cccnc1)N(Cc1ccc(C2=NN=C(C(F)F)SC2)cn1)c1cccc(F)c1. The Hall–Kier alpha value is -3.46. The average molecular weight is 453 g/mol. The molecule has 3 heterocycles. The third-order valence-electron chi connectivity index (χ3n) is 4.73. The van der Waals surface area contributed by atoms with Crippen molar-refractivity contribution >= 4 is 33.9 Å². The second-order valence-electron chi connectivity index (χ2n) is 6.87. The number of hydrogen-bond donors (Lipinski definition) is 0. The van der Waals surface area contributed by atoms with Gasteiger partial charge in [-0.1, -0.05) is 24.4 Å². The van der Waals surface area contributed by atoms with Gasteiger partial charge in [-0.3, -0.25) is 9.97 Å². The minimum absolute atomic E-state index is 0.280. The van der Waals surface area contributed by atoms with Crippen molar-refractivity contribution in [3.8, 4) is 0 Å². The third-order valence-corrected chi connectivity index (χ3v) is 5.70. The van der Waals surface area contributed by atoms with E-state index in [0.717, 1.165) is 17.3 Å². The highest BCUT2D eigenvalue weighted by Crippen LogP contribution is 2.27. The summed E-state index contributed by atoms with van der Waals surface area (Å²) in [5.41, 5.74) is 4.09. The van der Waals surface area contributed by atoms with Crippen LogP contribution in [0.15, 0.2) is 83.9 Å². The molecule has 1 aliphatic heterocycles. The molecule has 3 aromatic rings. The lowest BCUT2D eigenvalue weighted by Gasteiger charge is -2.27. The summed E-state index contributed by atoms with van der Waals surface area (Å²) in [6.07, 6.45) is 2.38. The van der Waals surface area contributed by atoms with E-state index < -0.39 is 6.43 Å². The van der Waals surface area contributed by atoms with E-state index in [1.54, 1.807) is 30.7 Å². The number of nitrogens with zero attached hydrogens (tertiary/aromatic N) is 5. The van der Waals surface area contributed by atoms with Crippen LogP contribution in [-0.4, -0.2) is 32.9 Å². The van der Waals surface area contributed by atoms with E-state index in [0.29, 0.717) is 40.7 Å². The molecule has 162 valence electrons. The van der Waals surface area contributed by atoms with Gasteiger partial charge in [0.1, 0.15) is 5.82 Å². The maximum Gasteiger partial charge on any atom is 0.288 e. The molecule has 0 saturated heterocycles. The first-order valence-corrected chi connectivity index (χ1v) is 10.6. The predicted molar refractivity (Wildman–Crippen MR) is 123 cm³/mol. The Bertz CT molecular complexity index is 1160. The maximum absolute atomic E-state index is 13.9. The standard InChI is InChI=1S/C23H18F3N5S/c1-15(16-4-3-9-27-11-16)31(20-6-2-5-18(24)10-20)13-19-8-7-17(12-28-19)21-14-32-23(22(25)26)30-29-21/h2-12,22H,1,13-14H2. The van der Waals surface area contributed by atoms with Gasteiger partial charge in [0.05, 0.1) is 18.0 Å². The normalized spacial score (nSPS) is 13.5. The summed E-state index contributed by atoms with van der Waals surface area (Å²) >= 11 is 0.969. The minimum Gasteiger partial charge on any atom is -0.335 e. The number of aromatic nitrogens is 2. The molecular formula is C23H18F3N5S. The quantitative estimate of drug-likeness (QED) is 0.480. The number of rotatable bonds is 7. The minimum atomic E-state index is -2.62. The van der Waals surface area contributed by atoms with Gasteiger partial charge in [-0.05, 0) is 42.5 Å². The lowest BCUT2D eigenvalue weighted by atomic mass is 10.1. The smallest absolute Gasteiger partial charge is 0.288 e. The molecule has 0 bridgehead atoms. The second-order valence-corrected chi connectivity index (χ2v) is 7.86. The highest BCUT2D eigenvalue weighted by Gasteiger charge is 2.20. The van der Waals surface area contributed by atoms with Crippen molar-refractivity contribution < 1.29 is 13.2 Å². The van der Waals surface area contributed by atoms with Gasteiger partial charge in [0, 0.05) is 46.9 Å². The van der Waals surface area contributed by atoms with Gasteiger partial charge in [-0.15, -0.1) is 5.10 Å². The first-order valence-electron chi connectivity index (χ1n) is 9.64. The van der Waals surface area contributed by atoms with Crippen molar-refractivity contribution in [3.05, 3.63) is 96.3 Å². The molecule has 0 atom stereocenters. The van der Waals surface area contributed by atoms with Crippen molar-refractivity contribution in [2.45, 2.75) is 13.0 Å². The van der Waals surface area contributed by atoms with Gasteiger partial charge >= 0.3 is 0 Å².